The summed E-state index contributed by atoms with van der Waals surface area (Å²) in [6.07, 6.45) is 3.91. The van der Waals surface area contributed by atoms with E-state index >= 15 is 0 Å². The Kier molecular flexibility index (Phi) is 14.5. The van der Waals surface area contributed by atoms with Gasteiger partial charge in [-0.15, -0.1) is 11.3 Å². The first-order chi connectivity index (χ1) is 24.7. The van der Waals surface area contributed by atoms with E-state index in [1.165, 1.54) is 0 Å². The van der Waals surface area contributed by atoms with Gasteiger partial charge in [-0.2, -0.15) is 0 Å². The zero-order chi connectivity index (χ0) is 36.2. The quantitative estimate of drug-likeness (QED) is 0.120. The number of nitrogens with zero attached hydrogens (tertiary/aromatic N) is 2. The lowest BCUT2D eigenvalue weighted by Gasteiger charge is -2.26. The first-order valence-corrected chi connectivity index (χ1v) is 19.1. The van der Waals surface area contributed by atoms with Crippen LogP contribution in [-0.4, -0.2) is 84.3 Å². The number of nitrogens with one attached hydrogen (secondary N) is 3. The molecule has 0 unspecified atom stereocenters. The van der Waals surface area contributed by atoms with Crippen molar-refractivity contribution in [3.05, 3.63) is 86.3 Å². The number of rotatable bonds is 17. The number of benzene rings is 2. The molecular formula is C38H49ClN6O5S. The van der Waals surface area contributed by atoms with E-state index in [-0.39, 0.29) is 44.9 Å². The van der Waals surface area contributed by atoms with E-state index in [1.807, 2.05) is 49.4 Å². The Balaban J connectivity index is 1.28. The molecule has 274 valence electrons. The molecule has 2 saturated heterocycles. The summed E-state index contributed by atoms with van der Waals surface area (Å²) in [5, 5.41) is 10.6. The number of hydrogen-bond donors (Lipinski definition) is 4. The lowest BCUT2D eigenvalue weighted by Crippen LogP contribution is -2.53. The van der Waals surface area contributed by atoms with Crippen LogP contribution in [0.5, 0.6) is 0 Å². The maximum absolute atomic E-state index is 14.0. The highest BCUT2D eigenvalue weighted by Gasteiger charge is 2.42. The van der Waals surface area contributed by atoms with E-state index in [0.29, 0.717) is 36.7 Å². The zero-order valence-corrected chi connectivity index (χ0v) is 30.8. The summed E-state index contributed by atoms with van der Waals surface area (Å²) in [5.41, 5.74) is 8.39. The number of carbonyl (C=O) groups excluding carboxylic acids is 4. The summed E-state index contributed by atoms with van der Waals surface area (Å²) in [6.45, 7) is 5.08. The molecule has 3 aromatic rings. The van der Waals surface area contributed by atoms with Crippen molar-refractivity contribution in [2.45, 2.75) is 89.0 Å². The van der Waals surface area contributed by atoms with Crippen molar-refractivity contribution >= 4 is 46.4 Å². The number of nitrogens with two attached hydrogens (primary N) is 1. The standard InChI is InChI=1S/C38H49ClN6O5S/c1-25-32(44-38(51-25)28-15-18-41-19-16-28)22-34(46)45-23-30(50-24-27-10-12-29(39)13-11-27)21-33(45)36(48)43-31(9-5-6-17-40)35(47)37(49)42-20-14-26-7-3-2-4-8-26/h2-4,7-8,10-13,28,30-31,33,41H,5-6,9,14-24,40H2,1H3,(H,42,49)(H,43,48)/t30-,31+,33+/m1/s1. The summed E-state index contributed by atoms with van der Waals surface area (Å²) in [5.74, 6) is -1.82. The minimum absolute atomic E-state index is 0.0592. The van der Waals surface area contributed by atoms with E-state index in [1.54, 1.807) is 28.4 Å². The van der Waals surface area contributed by atoms with Crippen molar-refractivity contribution in [3.63, 3.8) is 0 Å². The average Bonchev–Trinajstić information content (AvgIpc) is 3.75. The van der Waals surface area contributed by atoms with Crippen molar-refractivity contribution in [1.82, 2.24) is 25.8 Å². The number of unbranched alkanes of at least 4 members (excludes halogenated alkanes) is 1. The van der Waals surface area contributed by atoms with Crippen LogP contribution in [0.1, 0.15) is 71.1 Å². The van der Waals surface area contributed by atoms with Crippen LogP contribution in [0, 0.1) is 6.92 Å². The van der Waals surface area contributed by atoms with Gasteiger partial charge in [0, 0.05) is 35.3 Å². The second-order valence-electron chi connectivity index (χ2n) is 13.3. The number of ketones is 1. The van der Waals surface area contributed by atoms with Crippen LogP contribution in [0.4, 0.5) is 0 Å². The molecule has 5 rings (SSSR count). The molecule has 2 aliphatic rings. The van der Waals surface area contributed by atoms with Gasteiger partial charge in [-0.3, -0.25) is 19.2 Å². The van der Waals surface area contributed by atoms with Crippen LogP contribution >= 0.6 is 22.9 Å². The van der Waals surface area contributed by atoms with Crippen LogP contribution in [0.2, 0.25) is 5.02 Å². The molecule has 2 fully saturated rings. The zero-order valence-electron chi connectivity index (χ0n) is 29.2. The van der Waals surface area contributed by atoms with Crippen molar-refractivity contribution in [2.75, 3.05) is 32.7 Å². The largest absolute Gasteiger partial charge is 0.372 e. The molecule has 2 aromatic carbocycles. The highest BCUT2D eigenvalue weighted by molar-refractivity contribution is 7.11. The van der Waals surface area contributed by atoms with Gasteiger partial charge in [0.05, 0.1) is 35.9 Å². The Hall–Kier alpha value is -3.68. The third-order valence-electron chi connectivity index (χ3n) is 9.55. The van der Waals surface area contributed by atoms with Gasteiger partial charge < -0.3 is 31.3 Å². The van der Waals surface area contributed by atoms with E-state index in [9.17, 15) is 19.2 Å². The van der Waals surface area contributed by atoms with Crippen molar-refractivity contribution in [2.24, 2.45) is 5.73 Å². The lowest BCUT2D eigenvalue weighted by molar-refractivity contribution is -0.142. The molecule has 0 aliphatic carbocycles. The Bertz CT molecular complexity index is 1610. The Morgan fingerprint density at radius 1 is 1.06 bits per heavy atom. The van der Waals surface area contributed by atoms with Gasteiger partial charge in [0.1, 0.15) is 6.04 Å². The molecule has 3 amide bonds. The minimum Gasteiger partial charge on any atom is -0.372 e. The molecule has 11 nitrogen and oxygen atoms in total. The van der Waals surface area contributed by atoms with Gasteiger partial charge in [0.25, 0.3) is 5.91 Å². The monoisotopic (exact) mass is 736 g/mol. The third kappa shape index (κ3) is 11.2. The second-order valence-corrected chi connectivity index (χ2v) is 15.0. The molecule has 2 aliphatic heterocycles. The van der Waals surface area contributed by atoms with Gasteiger partial charge in [-0.25, -0.2) is 4.98 Å². The topological polar surface area (TPSA) is 156 Å². The lowest BCUT2D eigenvalue weighted by atomic mass is 9.99. The average molecular weight is 737 g/mol. The maximum atomic E-state index is 14.0. The normalized spacial score (nSPS) is 18.4. The first kappa shape index (κ1) is 38.5. The number of aryl methyl sites for hydroxylation is 1. The molecule has 51 heavy (non-hydrogen) atoms. The highest BCUT2D eigenvalue weighted by atomic mass is 35.5. The number of thiazole rings is 1. The van der Waals surface area contributed by atoms with Crippen LogP contribution < -0.4 is 21.7 Å². The van der Waals surface area contributed by atoms with E-state index in [2.05, 4.69) is 16.0 Å². The van der Waals surface area contributed by atoms with Gasteiger partial charge in [0.15, 0.2) is 0 Å². The smallest absolute Gasteiger partial charge is 0.289 e. The Labute approximate surface area is 309 Å². The number of halogens is 1. The molecule has 1 aromatic heterocycles. The first-order valence-electron chi connectivity index (χ1n) is 17.9. The predicted molar refractivity (Wildman–Crippen MR) is 199 cm³/mol. The number of likely N-dealkylation sites (tertiary alicyclic amines) is 1. The summed E-state index contributed by atoms with van der Waals surface area (Å²) in [6, 6.07) is 15.0. The molecule has 3 atom stereocenters. The predicted octanol–water partition coefficient (Wildman–Crippen LogP) is 3.84. The molecule has 3 heterocycles. The summed E-state index contributed by atoms with van der Waals surface area (Å²) in [4.78, 5) is 61.8. The second kappa shape index (κ2) is 19.2. The number of Topliss-reactive ketones (excluding diaryl/α,β-unsaturated/α-hetero) is 1. The Morgan fingerprint density at radius 3 is 2.53 bits per heavy atom. The van der Waals surface area contributed by atoms with Crippen molar-refractivity contribution in [1.29, 1.82) is 0 Å². The van der Waals surface area contributed by atoms with Gasteiger partial charge >= 0.3 is 0 Å². The molecule has 5 N–H and O–H groups in total. The third-order valence-corrected chi connectivity index (χ3v) is 11.0. The van der Waals surface area contributed by atoms with Crippen molar-refractivity contribution in [3.8, 4) is 0 Å². The number of aromatic nitrogens is 1. The summed E-state index contributed by atoms with van der Waals surface area (Å²) in [7, 11) is 0. The fraction of sp³-hybridized carbons (Fsp3) is 0.500. The number of hydrogen-bond acceptors (Lipinski definition) is 9. The fourth-order valence-electron chi connectivity index (χ4n) is 6.58. The maximum Gasteiger partial charge on any atom is 0.289 e. The van der Waals surface area contributed by atoms with Crippen LogP contribution in [-0.2, 0) is 43.4 Å². The van der Waals surface area contributed by atoms with Gasteiger partial charge in [0.2, 0.25) is 17.6 Å². The number of ether oxygens (including phenoxy) is 1. The number of carbonyl (C=O) groups is 4. The van der Waals surface area contributed by atoms with Gasteiger partial charge in [-0.05, 0) is 88.3 Å². The van der Waals surface area contributed by atoms with E-state index in [4.69, 9.17) is 27.1 Å². The summed E-state index contributed by atoms with van der Waals surface area (Å²) >= 11 is 7.69. The fourth-order valence-corrected chi connectivity index (χ4v) is 7.81. The van der Waals surface area contributed by atoms with E-state index in [0.717, 1.165) is 52.6 Å². The van der Waals surface area contributed by atoms with Crippen LogP contribution in [0.25, 0.3) is 0 Å². The number of piperidine rings is 1. The molecule has 0 saturated carbocycles. The molecule has 0 spiro atoms. The van der Waals surface area contributed by atoms with Crippen LogP contribution in [0.15, 0.2) is 54.6 Å². The number of amides is 3. The van der Waals surface area contributed by atoms with E-state index < -0.39 is 35.8 Å². The highest BCUT2D eigenvalue weighted by Crippen LogP contribution is 2.31. The molecule has 0 radical (unpaired) electrons. The minimum atomic E-state index is -1.06. The molecule has 0 bridgehead atoms. The van der Waals surface area contributed by atoms with Gasteiger partial charge in [-0.1, -0.05) is 54.1 Å². The SMILES string of the molecule is Cc1sc(C2CCNCC2)nc1CC(=O)N1C[C@H](OCc2ccc(Cl)cc2)C[C@H]1C(=O)N[C@@H](CCCCN)C(=O)C(=O)NCCc1ccccc1. The molecular weight excluding hydrogens is 688 g/mol. The molecule has 13 heteroatoms. The van der Waals surface area contributed by atoms with Crippen LogP contribution in [0.3, 0.4) is 0 Å². The van der Waals surface area contributed by atoms with Crippen molar-refractivity contribution < 1.29 is 23.9 Å². The summed E-state index contributed by atoms with van der Waals surface area (Å²) < 4.78 is 6.22. The Morgan fingerprint density at radius 2 is 1.80 bits per heavy atom.